The van der Waals surface area contributed by atoms with Crippen molar-refractivity contribution in [3.63, 3.8) is 0 Å². The first-order valence-corrected chi connectivity index (χ1v) is 8.78. The zero-order valence-electron chi connectivity index (χ0n) is 15.2. The molecule has 1 atom stereocenters. The molecule has 5 nitrogen and oxygen atoms in total. The number of benzene rings is 2. The van der Waals surface area contributed by atoms with Crippen molar-refractivity contribution in [2.75, 3.05) is 19.5 Å². The normalized spacial score (nSPS) is 16.8. The van der Waals surface area contributed by atoms with Crippen LogP contribution < -0.4 is 15.4 Å². The third-order valence-corrected chi connectivity index (χ3v) is 4.93. The summed E-state index contributed by atoms with van der Waals surface area (Å²) in [5, 5.41) is 6.36. The van der Waals surface area contributed by atoms with Crippen LogP contribution in [0.1, 0.15) is 18.5 Å². The van der Waals surface area contributed by atoms with Crippen molar-refractivity contribution in [2.45, 2.75) is 13.0 Å². The van der Waals surface area contributed by atoms with Crippen LogP contribution in [0.4, 0.5) is 10.1 Å². The molecule has 1 aliphatic rings. The minimum Gasteiger partial charge on any atom is -0.497 e. The minimum absolute atomic E-state index is 0.337. The molecule has 0 aliphatic carbocycles. The summed E-state index contributed by atoms with van der Waals surface area (Å²) < 4.78 is 19.6. The standard InChI is InChI=1S/C20H20FN3O2S/c1-12-17(19(25)22-13-7-6-8-14(11-13)26-3)18(23-20(27)24(12)2)15-9-4-5-10-16(15)21/h4-11,18H,1-3H3,(H,22,25)(H,23,27). The van der Waals surface area contributed by atoms with Gasteiger partial charge in [0.2, 0.25) is 0 Å². The predicted octanol–water partition coefficient (Wildman–Crippen LogP) is 3.61. The van der Waals surface area contributed by atoms with Gasteiger partial charge in [0, 0.05) is 30.1 Å². The molecule has 2 aromatic carbocycles. The van der Waals surface area contributed by atoms with Crippen molar-refractivity contribution in [2.24, 2.45) is 0 Å². The molecule has 0 fully saturated rings. The lowest BCUT2D eigenvalue weighted by atomic mass is 9.94. The van der Waals surface area contributed by atoms with Gasteiger partial charge in [0.1, 0.15) is 11.6 Å². The van der Waals surface area contributed by atoms with E-state index in [9.17, 15) is 9.18 Å². The van der Waals surface area contributed by atoms with Crippen LogP contribution in [0.25, 0.3) is 0 Å². The Morgan fingerprint density at radius 2 is 2.00 bits per heavy atom. The highest BCUT2D eigenvalue weighted by Crippen LogP contribution is 2.32. The van der Waals surface area contributed by atoms with Crippen LogP contribution >= 0.6 is 12.2 Å². The first kappa shape index (κ1) is 18.8. The van der Waals surface area contributed by atoms with Crippen molar-refractivity contribution < 1.29 is 13.9 Å². The molecule has 0 radical (unpaired) electrons. The van der Waals surface area contributed by atoms with E-state index in [0.717, 1.165) is 0 Å². The fraction of sp³-hybridized carbons (Fsp3) is 0.200. The Kier molecular flexibility index (Phi) is 5.41. The van der Waals surface area contributed by atoms with E-state index in [4.69, 9.17) is 17.0 Å². The van der Waals surface area contributed by atoms with E-state index in [2.05, 4.69) is 10.6 Å². The van der Waals surface area contributed by atoms with Gasteiger partial charge in [0.05, 0.1) is 18.7 Å². The summed E-state index contributed by atoms with van der Waals surface area (Å²) in [5.74, 6) is -0.109. The molecular weight excluding hydrogens is 365 g/mol. The molecule has 0 bridgehead atoms. The van der Waals surface area contributed by atoms with E-state index >= 15 is 0 Å². The molecule has 0 aromatic heterocycles. The summed E-state index contributed by atoms with van der Waals surface area (Å²) in [5.41, 5.74) is 2.01. The number of ether oxygens (including phenoxy) is 1. The van der Waals surface area contributed by atoms with Gasteiger partial charge in [-0.05, 0) is 37.3 Å². The lowest BCUT2D eigenvalue weighted by Gasteiger charge is -2.35. The average molecular weight is 385 g/mol. The molecule has 2 N–H and O–H groups in total. The van der Waals surface area contributed by atoms with Gasteiger partial charge in [-0.3, -0.25) is 4.79 Å². The molecule has 2 aromatic rings. The topological polar surface area (TPSA) is 53.6 Å². The van der Waals surface area contributed by atoms with Gasteiger partial charge < -0.3 is 20.3 Å². The van der Waals surface area contributed by atoms with Crippen LogP contribution in [-0.2, 0) is 4.79 Å². The van der Waals surface area contributed by atoms with Crippen LogP contribution in [0, 0.1) is 5.82 Å². The maximum absolute atomic E-state index is 14.4. The Labute approximate surface area is 162 Å². The van der Waals surface area contributed by atoms with Gasteiger partial charge in [0.15, 0.2) is 5.11 Å². The van der Waals surface area contributed by atoms with Crippen LogP contribution in [-0.4, -0.2) is 30.1 Å². The Hall–Kier alpha value is -2.93. The zero-order chi connectivity index (χ0) is 19.6. The van der Waals surface area contributed by atoms with Crippen LogP contribution in [0.2, 0.25) is 0 Å². The molecule has 1 heterocycles. The minimum atomic E-state index is -0.680. The highest BCUT2D eigenvalue weighted by Gasteiger charge is 2.33. The number of hydrogen-bond donors (Lipinski definition) is 2. The summed E-state index contributed by atoms with van der Waals surface area (Å²) >= 11 is 5.34. The van der Waals surface area contributed by atoms with Crippen LogP contribution in [0.5, 0.6) is 5.75 Å². The summed E-state index contributed by atoms with van der Waals surface area (Å²) in [7, 11) is 3.32. The number of nitrogens with zero attached hydrogens (tertiary/aromatic N) is 1. The molecule has 1 unspecified atom stereocenters. The Bertz CT molecular complexity index is 929. The van der Waals surface area contributed by atoms with Crippen molar-refractivity contribution in [1.29, 1.82) is 0 Å². The lowest BCUT2D eigenvalue weighted by molar-refractivity contribution is -0.113. The van der Waals surface area contributed by atoms with Crippen molar-refractivity contribution >= 4 is 28.9 Å². The smallest absolute Gasteiger partial charge is 0.255 e. The number of anilines is 1. The molecule has 1 aliphatic heterocycles. The lowest BCUT2D eigenvalue weighted by Crippen LogP contribution is -2.46. The first-order valence-electron chi connectivity index (χ1n) is 8.37. The number of halogens is 1. The van der Waals surface area contributed by atoms with Crippen LogP contribution in [0.15, 0.2) is 59.8 Å². The maximum Gasteiger partial charge on any atom is 0.255 e. The number of carbonyl (C=O) groups excluding carboxylic acids is 1. The molecule has 0 spiro atoms. The molecule has 7 heteroatoms. The number of allylic oxidation sites excluding steroid dienone is 1. The number of carbonyl (C=O) groups is 1. The van der Waals surface area contributed by atoms with E-state index < -0.39 is 11.9 Å². The number of amides is 1. The van der Waals surface area contributed by atoms with E-state index in [1.807, 2.05) is 0 Å². The van der Waals surface area contributed by atoms with Crippen molar-refractivity contribution in [3.8, 4) is 5.75 Å². The number of methoxy groups -OCH3 is 1. The fourth-order valence-electron chi connectivity index (χ4n) is 2.97. The second-order valence-electron chi connectivity index (χ2n) is 6.15. The monoisotopic (exact) mass is 385 g/mol. The molecule has 0 saturated carbocycles. The Morgan fingerprint density at radius 3 is 2.70 bits per heavy atom. The zero-order valence-corrected chi connectivity index (χ0v) is 16.1. The maximum atomic E-state index is 14.4. The number of rotatable bonds is 4. The largest absolute Gasteiger partial charge is 0.497 e. The summed E-state index contributed by atoms with van der Waals surface area (Å²) in [6.45, 7) is 1.79. The fourth-order valence-corrected chi connectivity index (χ4v) is 3.23. The Morgan fingerprint density at radius 1 is 1.26 bits per heavy atom. The number of nitrogens with one attached hydrogen (secondary N) is 2. The third-order valence-electron chi connectivity index (χ3n) is 4.54. The SMILES string of the molecule is COc1cccc(NC(=O)C2=C(C)N(C)C(=S)NC2c2ccccc2F)c1. The molecule has 3 rings (SSSR count). The number of thiocarbonyl (C=S) groups is 1. The van der Waals surface area contributed by atoms with Gasteiger partial charge in [0.25, 0.3) is 5.91 Å². The molecule has 1 amide bonds. The summed E-state index contributed by atoms with van der Waals surface area (Å²) in [4.78, 5) is 14.8. The quantitative estimate of drug-likeness (QED) is 0.788. The highest BCUT2D eigenvalue weighted by atomic mass is 32.1. The Balaban J connectivity index is 2.00. The molecule has 140 valence electrons. The number of hydrogen-bond acceptors (Lipinski definition) is 3. The molecule has 27 heavy (non-hydrogen) atoms. The van der Waals surface area contributed by atoms with Crippen LogP contribution in [0.3, 0.4) is 0 Å². The third kappa shape index (κ3) is 3.78. The summed E-state index contributed by atoms with van der Waals surface area (Å²) in [6, 6.07) is 12.7. The summed E-state index contributed by atoms with van der Waals surface area (Å²) in [6.07, 6.45) is 0. The van der Waals surface area contributed by atoms with Gasteiger partial charge in [-0.15, -0.1) is 0 Å². The van der Waals surface area contributed by atoms with Gasteiger partial charge in [-0.25, -0.2) is 4.39 Å². The predicted molar refractivity (Wildman–Crippen MR) is 107 cm³/mol. The highest BCUT2D eigenvalue weighted by molar-refractivity contribution is 7.80. The second kappa shape index (κ2) is 7.75. The van der Waals surface area contributed by atoms with E-state index in [0.29, 0.717) is 33.4 Å². The first-order chi connectivity index (χ1) is 12.9. The van der Waals surface area contributed by atoms with Crippen molar-refractivity contribution in [3.05, 3.63) is 71.2 Å². The van der Waals surface area contributed by atoms with Crippen molar-refractivity contribution in [1.82, 2.24) is 10.2 Å². The van der Waals surface area contributed by atoms with Gasteiger partial charge in [-0.1, -0.05) is 24.3 Å². The van der Waals surface area contributed by atoms with Gasteiger partial charge >= 0.3 is 0 Å². The molecular formula is C20H20FN3O2S. The van der Waals surface area contributed by atoms with E-state index in [1.54, 1.807) is 68.4 Å². The second-order valence-corrected chi connectivity index (χ2v) is 6.53. The average Bonchev–Trinajstić information content (AvgIpc) is 2.66. The van der Waals surface area contributed by atoms with E-state index in [-0.39, 0.29) is 5.91 Å². The molecule has 0 saturated heterocycles. The van der Waals surface area contributed by atoms with E-state index in [1.165, 1.54) is 6.07 Å². The van der Waals surface area contributed by atoms with Gasteiger partial charge in [-0.2, -0.15) is 0 Å².